The molecule has 0 amide bonds. The summed E-state index contributed by atoms with van der Waals surface area (Å²) < 4.78 is 32.0. The monoisotopic (exact) mass is 199 g/mol. The molecule has 1 aromatic carbocycles. The lowest BCUT2D eigenvalue weighted by Crippen LogP contribution is -2.54. The van der Waals surface area contributed by atoms with Gasteiger partial charge in [-0.25, -0.2) is 8.78 Å². The molecule has 0 aliphatic carbocycles. The summed E-state index contributed by atoms with van der Waals surface area (Å²) >= 11 is 0. The molecule has 1 fully saturated rings. The van der Waals surface area contributed by atoms with Crippen molar-refractivity contribution in [3.8, 4) is 5.75 Å². The van der Waals surface area contributed by atoms with Crippen LogP contribution >= 0.6 is 0 Å². The molecular formula is C10H11F2NO. The molecule has 76 valence electrons. The van der Waals surface area contributed by atoms with E-state index < -0.39 is 11.5 Å². The van der Waals surface area contributed by atoms with Crippen LogP contribution in [0.5, 0.6) is 5.75 Å². The van der Waals surface area contributed by atoms with Crippen LogP contribution in [0.15, 0.2) is 18.2 Å². The zero-order valence-corrected chi connectivity index (χ0v) is 7.81. The Morgan fingerprint density at radius 2 is 2.14 bits per heavy atom. The van der Waals surface area contributed by atoms with Gasteiger partial charge in [0.15, 0.2) is 5.67 Å². The summed E-state index contributed by atoms with van der Waals surface area (Å²) in [6.45, 7) is 0.354. The van der Waals surface area contributed by atoms with Gasteiger partial charge >= 0.3 is 0 Å². The van der Waals surface area contributed by atoms with Crippen LogP contribution < -0.4 is 10.1 Å². The Labute approximate surface area is 80.9 Å². The number of benzene rings is 1. The van der Waals surface area contributed by atoms with Crippen molar-refractivity contribution in [3.63, 3.8) is 0 Å². The summed E-state index contributed by atoms with van der Waals surface area (Å²) in [7, 11) is 1.45. The third-order valence-electron chi connectivity index (χ3n) is 2.47. The molecule has 1 N–H and O–H groups in total. The van der Waals surface area contributed by atoms with Gasteiger partial charge in [0.05, 0.1) is 7.11 Å². The van der Waals surface area contributed by atoms with Gasteiger partial charge < -0.3 is 10.1 Å². The highest BCUT2D eigenvalue weighted by Gasteiger charge is 2.40. The fraction of sp³-hybridized carbons (Fsp3) is 0.400. The zero-order valence-electron chi connectivity index (χ0n) is 7.81. The third kappa shape index (κ3) is 1.35. The number of alkyl halides is 1. The predicted octanol–water partition coefficient (Wildman–Crippen LogP) is 1.60. The van der Waals surface area contributed by atoms with E-state index in [0.717, 1.165) is 0 Å². The van der Waals surface area contributed by atoms with Crippen molar-refractivity contribution in [2.75, 3.05) is 20.2 Å². The van der Waals surface area contributed by atoms with Crippen molar-refractivity contribution in [2.45, 2.75) is 5.67 Å². The van der Waals surface area contributed by atoms with Gasteiger partial charge in [0, 0.05) is 24.7 Å². The van der Waals surface area contributed by atoms with Gasteiger partial charge in [-0.15, -0.1) is 0 Å². The highest BCUT2D eigenvalue weighted by Crippen LogP contribution is 2.33. The lowest BCUT2D eigenvalue weighted by molar-refractivity contribution is 0.0846. The van der Waals surface area contributed by atoms with Gasteiger partial charge in [-0.05, 0) is 12.1 Å². The van der Waals surface area contributed by atoms with Crippen molar-refractivity contribution in [1.82, 2.24) is 5.32 Å². The molecule has 4 heteroatoms. The van der Waals surface area contributed by atoms with E-state index in [4.69, 9.17) is 4.74 Å². The molecule has 0 bridgehead atoms. The normalized spacial score (nSPS) is 18.8. The molecule has 1 saturated heterocycles. The number of hydrogen-bond donors (Lipinski definition) is 1. The van der Waals surface area contributed by atoms with Crippen LogP contribution in [0.4, 0.5) is 8.78 Å². The number of ether oxygens (including phenoxy) is 1. The topological polar surface area (TPSA) is 21.3 Å². The van der Waals surface area contributed by atoms with E-state index in [1.54, 1.807) is 6.07 Å². The smallest absolute Gasteiger partial charge is 0.163 e. The van der Waals surface area contributed by atoms with Crippen LogP contribution in [0.2, 0.25) is 0 Å². The van der Waals surface area contributed by atoms with Crippen molar-refractivity contribution in [2.24, 2.45) is 0 Å². The highest BCUT2D eigenvalue weighted by molar-refractivity contribution is 5.34. The molecule has 1 aliphatic rings. The van der Waals surface area contributed by atoms with E-state index in [-0.39, 0.29) is 18.7 Å². The first-order chi connectivity index (χ1) is 6.65. The first-order valence-corrected chi connectivity index (χ1v) is 4.39. The maximum atomic E-state index is 13.8. The molecule has 0 spiro atoms. The molecule has 14 heavy (non-hydrogen) atoms. The Balaban J connectivity index is 2.35. The second-order valence-corrected chi connectivity index (χ2v) is 3.41. The molecule has 0 saturated carbocycles. The number of nitrogens with one attached hydrogen (secondary N) is 1. The van der Waals surface area contributed by atoms with E-state index in [0.29, 0.717) is 5.75 Å². The van der Waals surface area contributed by atoms with E-state index in [9.17, 15) is 8.78 Å². The largest absolute Gasteiger partial charge is 0.497 e. The second kappa shape index (κ2) is 3.20. The van der Waals surface area contributed by atoms with Crippen molar-refractivity contribution >= 4 is 0 Å². The average molecular weight is 199 g/mol. The number of methoxy groups -OCH3 is 1. The summed E-state index contributed by atoms with van der Waals surface area (Å²) in [6.07, 6.45) is 0. The molecule has 1 aromatic rings. The standard InChI is InChI=1S/C10H11F2NO/c1-14-7-2-3-8(9(11)4-7)10(12)5-13-6-10/h2-4,13H,5-6H2,1H3. The summed E-state index contributed by atoms with van der Waals surface area (Å²) in [4.78, 5) is 0. The Bertz CT molecular complexity index is 350. The average Bonchev–Trinajstić information content (AvgIpc) is 2.14. The highest BCUT2D eigenvalue weighted by atomic mass is 19.1. The Kier molecular flexibility index (Phi) is 2.15. The minimum atomic E-state index is -1.55. The molecule has 2 rings (SSSR count). The molecular weight excluding hydrogens is 188 g/mol. The first kappa shape index (κ1) is 9.40. The van der Waals surface area contributed by atoms with E-state index in [1.165, 1.54) is 19.2 Å². The lowest BCUT2D eigenvalue weighted by Gasteiger charge is -2.35. The first-order valence-electron chi connectivity index (χ1n) is 4.39. The summed E-state index contributed by atoms with van der Waals surface area (Å²) in [5.41, 5.74) is -1.44. The summed E-state index contributed by atoms with van der Waals surface area (Å²) in [5.74, 6) is -0.143. The van der Waals surface area contributed by atoms with Crippen LogP contribution in [-0.2, 0) is 5.67 Å². The molecule has 0 atom stereocenters. The molecule has 1 aliphatic heterocycles. The Hall–Kier alpha value is -1.16. The summed E-state index contributed by atoms with van der Waals surface area (Å²) in [6, 6.07) is 4.21. The van der Waals surface area contributed by atoms with E-state index in [2.05, 4.69) is 5.32 Å². The molecule has 0 aromatic heterocycles. The maximum absolute atomic E-state index is 13.8. The van der Waals surface area contributed by atoms with E-state index in [1.807, 2.05) is 0 Å². The van der Waals surface area contributed by atoms with Crippen molar-refractivity contribution in [1.29, 1.82) is 0 Å². The third-order valence-corrected chi connectivity index (χ3v) is 2.47. The number of halogens is 2. The SMILES string of the molecule is COc1ccc(C2(F)CNC2)c(F)c1. The van der Waals surface area contributed by atoms with Crippen LogP contribution in [0, 0.1) is 5.82 Å². The minimum Gasteiger partial charge on any atom is -0.497 e. The van der Waals surface area contributed by atoms with Crippen LogP contribution in [0.25, 0.3) is 0 Å². The van der Waals surface area contributed by atoms with Gasteiger partial charge in [0.2, 0.25) is 0 Å². The predicted molar refractivity (Wildman–Crippen MR) is 48.6 cm³/mol. The van der Waals surface area contributed by atoms with Crippen molar-refractivity contribution < 1.29 is 13.5 Å². The maximum Gasteiger partial charge on any atom is 0.163 e. The van der Waals surface area contributed by atoms with Crippen LogP contribution in [0.3, 0.4) is 0 Å². The molecule has 1 heterocycles. The fourth-order valence-electron chi connectivity index (χ4n) is 1.52. The van der Waals surface area contributed by atoms with Gasteiger partial charge in [-0.2, -0.15) is 0 Å². The fourth-order valence-corrected chi connectivity index (χ4v) is 1.52. The second-order valence-electron chi connectivity index (χ2n) is 3.41. The number of rotatable bonds is 2. The van der Waals surface area contributed by atoms with Crippen LogP contribution in [0.1, 0.15) is 5.56 Å². The van der Waals surface area contributed by atoms with Crippen LogP contribution in [-0.4, -0.2) is 20.2 Å². The lowest BCUT2D eigenvalue weighted by atomic mass is 9.90. The van der Waals surface area contributed by atoms with Gasteiger partial charge in [0.1, 0.15) is 11.6 Å². The van der Waals surface area contributed by atoms with Gasteiger partial charge in [-0.3, -0.25) is 0 Å². The molecule has 2 nitrogen and oxygen atoms in total. The molecule has 0 unspecified atom stereocenters. The quantitative estimate of drug-likeness (QED) is 0.781. The summed E-state index contributed by atoms with van der Waals surface area (Å²) in [5, 5.41) is 2.78. The van der Waals surface area contributed by atoms with Gasteiger partial charge in [-0.1, -0.05) is 0 Å². The Morgan fingerprint density at radius 1 is 1.43 bits per heavy atom. The molecule has 0 radical (unpaired) electrons. The van der Waals surface area contributed by atoms with E-state index >= 15 is 0 Å². The van der Waals surface area contributed by atoms with Crippen molar-refractivity contribution in [3.05, 3.63) is 29.6 Å². The Morgan fingerprint density at radius 3 is 2.57 bits per heavy atom. The minimum absolute atomic E-state index is 0.108. The zero-order chi connectivity index (χ0) is 10.2. The van der Waals surface area contributed by atoms with Gasteiger partial charge in [0.25, 0.3) is 0 Å². The number of hydrogen-bond acceptors (Lipinski definition) is 2.